The Balaban J connectivity index is 1.55. The third-order valence-electron chi connectivity index (χ3n) is 4.87. The highest BCUT2D eigenvalue weighted by Gasteiger charge is 2.12. The number of aryl methyl sites for hydroxylation is 1. The van der Waals surface area contributed by atoms with Crippen molar-refractivity contribution in [3.8, 4) is 11.4 Å². The van der Waals surface area contributed by atoms with E-state index >= 15 is 0 Å². The van der Waals surface area contributed by atoms with Crippen LogP contribution in [0.2, 0.25) is 0 Å². The summed E-state index contributed by atoms with van der Waals surface area (Å²) in [5, 5.41) is 14.0. The molecule has 0 unspecified atom stereocenters. The van der Waals surface area contributed by atoms with Gasteiger partial charge >= 0.3 is 0 Å². The Morgan fingerprint density at radius 3 is 2.59 bits per heavy atom. The Morgan fingerprint density at radius 1 is 0.931 bits per heavy atom. The molecule has 7 heteroatoms. The van der Waals surface area contributed by atoms with Crippen molar-refractivity contribution in [1.29, 1.82) is 0 Å². The van der Waals surface area contributed by atoms with Crippen molar-refractivity contribution in [1.82, 2.24) is 24.7 Å². The van der Waals surface area contributed by atoms with E-state index in [1.165, 1.54) is 0 Å². The normalized spacial score (nSPS) is 11.1. The van der Waals surface area contributed by atoms with Crippen molar-refractivity contribution < 1.29 is 4.74 Å². The van der Waals surface area contributed by atoms with Crippen LogP contribution in [0.5, 0.6) is 5.75 Å². The fourth-order valence-corrected chi connectivity index (χ4v) is 3.44. The summed E-state index contributed by atoms with van der Waals surface area (Å²) < 4.78 is 7.38. The molecule has 0 aliphatic heterocycles. The summed E-state index contributed by atoms with van der Waals surface area (Å²) in [5.41, 5.74) is 4.10. The number of nitrogens with one attached hydrogen (secondary N) is 1. The zero-order chi connectivity index (χ0) is 19.8. The first-order valence-corrected chi connectivity index (χ1v) is 9.20. The molecule has 0 atom stereocenters. The highest BCUT2D eigenvalue weighted by Crippen LogP contribution is 2.28. The van der Waals surface area contributed by atoms with Gasteiger partial charge in [-0.3, -0.25) is 4.57 Å². The Morgan fingerprint density at radius 2 is 1.72 bits per heavy atom. The van der Waals surface area contributed by atoms with Crippen LogP contribution in [-0.2, 0) is 0 Å². The minimum Gasteiger partial charge on any atom is -0.495 e. The van der Waals surface area contributed by atoms with Gasteiger partial charge in [0, 0.05) is 10.8 Å². The van der Waals surface area contributed by atoms with Gasteiger partial charge in [0.2, 0.25) is 0 Å². The van der Waals surface area contributed by atoms with Crippen molar-refractivity contribution in [3.63, 3.8) is 0 Å². The van der Waals surface area contributed by atoms with E-state index < -0.39 is 0 Å². The highest BCUT2D eigenvalue weighted by atomic mass is 16.5. The van der Waals surface area contributed by atoms with Crippen LogP contribution in [0.3, 0.4) is 0 Å². The Labute approximate surface area is 167 Å². The molecule has 3 heterocycles. The minimum atomic E-state index is 0.691. The molecule has 5 aromatic rings. The second-order valence-electron chi connectivity index (χ2n) is 6.66. The quantitative estimate of drug-likeness (QED) is 0.496. The second kappa shape index (κ2) is 6.87. The van der Waals surface area contributed by atoms with Crippen LogP contribution >= 0.6 is 0 Å². The molecule has 3 aromatic heterocycles. The van der Waals surface area contributed by atoms with E-state index in [1.807, 2.05) is 66.1 Å². The number of rotatable bonds is 4. The van der Waals surface area contributed by atoms with Crippen molar-refractivity contribution in [2.45, 2.75) is 6.92 Å². The zero-order valence-electron chi connectivity index (χ0n) is 16.0. The van der Waals surface area contributed by atoms with Gasteiger partial charge in [-0.25, -0.2) is 9.97 Å². The van der Waals surface area contributed by atoms with Gasteiger partial charge in [0.25, 0.3) is 0 Å². The molecular weight excluding hydrogens is 364 g/mol. The monoisotopic (exact) mass is 382 g/mol. The van der Waals surface area contributed by atoms with Gasteiger partial charge in [-0.2, -0.15) is 5.10 Å². The molecule has 5 rings (SSSR count). The fourth-order valence-electron chi connectivity index (χ4n) is 3.44. The van der Waals surface area contributed by atoms with Crippen molar-refractivity contribution in [2.24, 2.45) is 0 Å². The van der Waals surface area contributed by atoms with E-state index in [2.05, 4.69) is 25.5 Å². The molecule has 0 radical (unpaired) electrons. The molecular formula is C22H18N6O. The maximum Gasteiger partial charge on any atom is 0.164 e. The number of ether oxygens (including phenoxy) is 1. The van der Waals surface area contributed by atoms with Crippen LogP contribution in [-0.4, -0.2) is 31.8 Å². The van der Waals surface area contributed by atoms with Crippen LogP contribution in [0, 0.1) is 6.92 Å². The fraction of sp³-hybridized carbons (Fsp3) is 0.0909. The Kier molecular flexibility index (Phi) is 4.05. The van der Waals surface area contributed by atoms with Gasteiger partial charge in [-0.05, 0) is 25.1 Å². The van der Waals surface area contributed by atoms with Gasteiger partial charge in [0.15, 0.2) is 11.5 Å². The topological polar surface area (TPSA) is 77.8 Å². The molecule has 1 N–H and O–H groups in total. The van der Waals surface area contributed by atoms with Crippen LogP contribution in [0.1, 0.15) is 5.69 Å². The number of hydrogen-bond acceptors (Lipinski definition) is 6. The molecule has 0 spiro atoms. The maximum absolute atomic E-state index is 5.47. The lowest BCUT2D eigenvalue weighted by molar-refractivity contribution is 0.413. The van der Waals surface area contributed by atoms with Crippen LogP contribution < -0.4 is 10.1 Å². The van der Waals surface area contributed by atoms with Crippen molar-refractivity contribution in [3.05, 3.63) is 72.8 Å². The van der Waals surface area contributed by atoms with Crippen LogP contribution in [0.25, 0.3) is 27.6 Å². The molecule has 0 saturated heterocycles. The standard InChI is InChI=1S/C22H18N6O/c1-14-16-7-3-4-8-17(16)21(27-26-14)25-15-11-18-22(23-12-15)28(13-24-18)19-9-5-6-10-20(19)29-2/h3-13H,1-2H3,(H,25,27). The van der Waals surface area contributed by atoms with Crippen LogP contribution in [0.15, 0.2) is 67.1 Å². The lowest BCUT2D eigenvalue weighted by atomic mass is 10.1. The van der Waals surface area contributed by atoms with Gasteiger partial charge in [0.05, 0.1) is 30.4 Å². The average molecular weight is 382 g/mol. The molecule has 2 aromatic carbocycles. The van der Waals surface area contributed by atoms with E-state index in [4.69, 9.17) is 4.74 Å². The summed E-state index contributed by atoms with van der Waals surface area (Å²) in [6.07, 6.45) is 3.52. The third-order valence-corrected chi connectivity index (χ3v) is 4.87. The summed E-state index contributed by atoms with van der Waals surface area (Å²) in [5.74, 6) is 1.45. The molecule has 0 saturated carbocycles. The summed E-state index contributed by atoms with van der Waals surface area (Å²) >= 11 is 0. The second-order valence-corrected chi connectivity index (χ2v) is 6.66. The molecule has 142 valence electrons. The number of imidazole rings is 1. The lowest BCUT2D eigenvalue weighted by Crippen LogP contribution is -2.00. The smallest absolute Gasteiger partial charge is 0.164 e. The number of methoxy groups -OCH3 is 1. The molecule has 7 nitrogen and oxygen atoms in total. The average Bonchev–Trinajstić information content (AvgIpc) is 3.19. The summed E-state index contributed by atoms with van der Waals surface area (Å²) in [6, 6.07) is 17.8. The first kappa shape index (κ1) is 17.1. The van der Waals surface area contributed by atoms with Crippen molar-refractivity contribution >= 4 is 33.4 Å². The SMILES string of the molecule is COc1ccccc1-n1cnc2cc(Nc3nnc(C)c4ccccc34)cnc21. The third kappa shape index (κ3) is 2.93. The lowest BCUT2D eigenvalue weighted by Gasteiger charge is -2.10. The first-order valence-electron chi connectivity index (χ1n) is 9.20. The van der Waals surface area contributed by atoms with Gasteiger partial charge in [-0.1, -0.05) is 36.4 Å². The number of pyridine rings is 1. The van der Waals surface area contributed by atoms with Gasteiger partial charge in [-0.15, -0.1) is 5.10 Å². The predicted molar refractivity (Wildman–Crippen MR) is 113 cm³/mol. The number of para-hydroxylation sites is 2. The number of anilines is 2. The van der Waals surface area contributed by atoms with E-state index in [9.17, 15) is 0 Å². The first-order chi connectivity index (χ1) is 14.2. The Hall–Kier alpha value is -4.00. The number of nitrogens with zero attached hydrogens (tertiary/aromatic N) is 5. The summed E-state index contributed by atoms with van der Waals surface area (Å²) in [6.45, 7) is 1.96. The van der Waals surface area contributed by atoms with Gasteiger partial charge < -0.3 is 10.1 Å². The largest absolute Gasteiger partial charge is 0.495 e. The molecule has 0 amide bonds. The maximum atomic E-state index is 5.47. The number of aromatic nitrogens is 5. The minimum absolute atomic E-state index is 0.691. The van der Waals surface area contributed by atoms with Crippen molar-refractivity contribution in [2.75, 3.05) is 12.4 Å². The Bertz CT molecular complexity index is 1340. The molecule has 0 aliphatic carbocycles. The van der Waals surface area contributed by atoms with E-state index in [0.717, 1.165) is 44.8 Å². The molecule has 0 bridgehead atoms. The van der Waals surface area contributed by atoms with E-state index in [-0.39, 0.29) is 0 Å². The highest BCUT2D eigenvalue weighted by molar-refractivity contribution is 5.94. The van der Waals surface area contributed by atoms with E-state index in [0.29, 0.717) is 5.82 Å². The molecule has 29 heavy (non-hydrogen) atoms. The summed E-state index contributed by atoms with van der Waals surface area (Å²) in [7, 11) is 1.65. The van der Waals surface area contributed by atoms with Gasteiger partial charge in [0.1, 0.15) is 17.6 Å². The number of benzene rings is 2. The zero-order valence-corrected chi connectivity index (χ0v) is 16.0. The number of hydrogen-bond donors (Lipinski definition) is 1. The van der Waals surface area contributed by atoms with Crippen LogP contribution in [0.4, 0.5) is 11.5 Å². The van der Waals surface area contributed by atoms with E-state index in [1.54, 1.807) is 19.6 Å². The number of fused-ring (bicyclic) bond motifs is 2. The molecule has 0 fully saturated rings. The molecule has 0 aliphatic rings. The summed E-state index contributed by atoms with van der Waals surface area (Å²) in [4.78, 5) is 9.14. The predicted octanol–water partition coefficient (Wildman–Crippen LogP) is 4.42.